The SMILES string of the molecule is CC(C)C(C)NC(=O)CN1CCCNCC1=O. The molecule has 1 aliphatic rings. The third-order valence-corrected chi connectivity index (χ3v) is 3.13. The molecule has 0 aromatic carbocycles. The lowest BCUT2D eigenvalue weighted by Crippen LogP contribution is -2.45. The van der Waals surface area contributed by atoms with Gasteiger partial charge in [-0.25, -0.2) is 0 Å². The molecule has 5 heteroatoms. The highest BCUT2D eigenvalue weighted by molar-refractivity contribution is 5.85. The summed E-state index contributed by atoms with van der Waals surface area (Å²) >= 11 is 0. The summed E-state index contributed by atoms with van der Waals surface area (Å²) < 4.78 is 0. The second-order valence-corrected chi connectivity index (χ2v) is 4.95. The molecule has 0 aliphatic carbocycles. The zero-order valence-corrected chi connectivity index (χ0v) is 11.0. The minimum absolute atomic E-state index is 0.00912. The van der Waals surface area contributed by atoms with Crippen LogP contribution in [0.5, 0.6) is 0 Å². The quantitative estimate of drug-likeness (QED) is 0.726. The lowest BCUT2D eigenvalue weighted by Gasteiger charge is -2.22. The van der Waals surface area contributed by atoms with Gasteiger partial charge in [0, 0.05) is 12.6 Å². The molecule has 98 valence electrons. The molecule has 1 unspecified atom stereocenters. The molecule has 1 atom stereocenters. The van der Waals surface area contributed by atoms with Crippen molar-refractivity contribution in [3.63, 3.8) is 0 Å². The maximum absolute atomic E-state index is 11.8. The van der Waals surface area contributed by atoms with Gasteiger partial charge in [-0.3, -0.25) is 9.59 Å². The third-order valence-electron chi connectivity index (χ3n) is 3.13. The van der Waals surface area contributed by atoms with Crippen molar-refractivity contribution in [1.82, 2.24) is 15.5 Å². The molecule has 1 fully saturated rings. The zero-order valence-electron chi connectivity index (χ0n) is 11.0. The van der Waals surface area contributed by atoms with Gasteiger partial charge in [-0.05, 0) is 25.8 Å². The van der Waals surface area contributed by atoms with Gasteiger partial charge in [-0.2, -0.15) is 0 Å². The standard InChI is InChI=1S/C12H23N3O2/c1-9(2)10(3)14-11(16)8-15-6-4-5-13-7-12(15)17/h9-10,13H,4-8H2,1-3H3,(H,14,16). The Kier molecular flexibility index (Phi) is 5.41. The molecule has 0 saturated carbocycles. The molecular weight excluding hydrogens is 218 g/mol. The van der Waals surface area contributed by atoms with Crippen LogP contribution < -0.4 is 10.6 Å². The predicted molar refractivity (Wildman–Crippen MR) is 66.5 cm³/mol. The first-order chi connectivity index (χ1) is 8.00. The van der Waals surface area contributed by atoms with Crippen molar-refractivity contribution < 1.29 is 9.59 Å². The Morgan fingerprint density at radius 3 is 2.82 bits per heavy atom. The summed E-state index contributed by atoms with van der Waals surface area (Å²) in [5.74, 6) is 0.344. The van der Waals surface area contributed by atoms with Crippen LogP contribution in [-0.4, -0.2) is 48.9 Å². The molecule has 0 bridgehead atoms. The highest BCUT2D eigenvalue weighted by Gasteiger charge is 2.20. The number of nitrogens with one attached hydrogen (secondary N) is 2. The van der Waals surface area contributed by atoms with E-state index in [1.165, 1.54) is 0 Å². The second-order valence-electron chi connectivity index (χ2n) is 4.95. The van der Waals surface area contributed by atoms with Crippen molar-refractivity contribution in [3.05, 3.63) is 0 Å². The molecule has 2 amide bonds. The van der Waals surface area contributed by atoms with E-state index in [1.54, 1.807) is 4.90 Å². The van der Waals surface area contributed by atoms with E-state index < -0.39 is 0 Å². The Bertz CT molecular complexity index is 279. The van der Waals surface area contributed by atoms with Crippen LogP contribution >= 0.6 is 0 Å². The molecule has 0 radical (unpaired) electrons. The van der Waals surface area contributed by atoms with Gasteiger partial charge in [0.1, 0.15) is 0 Å². The maximum atomic E-state index is 11.8. The molecule has 17 heavy (non-hydrogen) atoms. The summed E-state index contributed by atoms with van der Waals surface area (Å²) in [6, 6.07) is 0.141. The fraction of sp³-hybridized carbons (Fsp3) is 0.833. The normalized spacial score (nSPS) is 19.1. The van der Waals surface area contributed by atoms with Crippen molar-refractivity contribution in [2.75, 3.05) is 26.2 Å². The van der Waals surface area contributed by atoms with E-state index in [0.717, 1.165) is 13.0 Å². The van der Waals surface area contributed by atoms with Gasteiger partial charge in [-0.15, -0.1) is 0 Å². The average molecular weight is 241 g/mol. The first kappa shape index (κ1) is 14.0. The van der Waals surface area contributed by atoms with Gasteiger partial charge in [0.05, 0.1) is 13.1 Å². The minimum Gasteiger partial charge on any atom is -0.352 e. The van der Waals surface area contributed by atoms with E-state index in [2.05, 4.69) is 24.5 Å². The predicted octanol–water partition coefficient (Wildman–Crippen LogP) is -0.0310. The van der Waals surface area contributed by atoms with Crippen LogP contribution in [0.1, 0.15) is 27.2 Å². The fourth-order valence-corrected chi connectivity index (χ4v) is 1.63. The van der Waals surface area contributed by atoms with Crippen LogP contribution in [0.25, 0.3) is 0 Å². The van der Waals surface area contributed by atoms with Crippen molar-refractivity contribution in [2.24, 2.45) is 5.92 Å². The first-order valence-electron chi connectivity index (χ1n) is 6.28. The Morgan fingerprint density at radius 1 is 1.47 bits per heavy atom. The van der Waals surface area contributed by atoms with Crippen LogP contribution in [0.4, 0.5) is 0 Å². The van der Waals surface area contributed by atoms with E-state index >= 15 is 0 Å². The molecule has 1 heterocycles. The Balaban J connectivity index is 2.41. The third kappa shape index (κ3) is 4.73. The Hall–Kier alpha value is -1.10. The van der Waals surface area contributed by atoms with Gasteiger partial charge >= 0.3 is 0 Å². The van der Waals surface area contributed by atoms with Gasteiger partial charge in [0.25, 0.3) is 0 Å². The Labute approximate surface area is 103 Å². The molecule has 1 rings (SSSR count). The van der Waals surface area contributed by atoms with Gasteiger partial charge in [0.15, 0.2) is 0 Å². The molecule has 1 aliphatic heterocycles. The lowest BCUT2D eigenvalue weighted by atomic mass is 10.1. The summed E-state index contributed by atoms with van der Waals surface area (Å²) in [6.45, 7) is 8.12. The van der Waals surface area contributed by atoms with Crippen LogP contribution in [0, 0.1) is 5.92 Å². The highest BCUT2D eigenvalue weighted by Crippen LogP contribution is 2.01. The highest BCUT2D eigenvalue weighted by atomic mass is 16.2. The van der Waals surface area contributed by atoms with Crippen molar-refractivity contribution in [2.45, 2.75) is 33.2 Å². The van der Waals surface area contributed by atoms with E-state index in [-0.39, 0.29) is 24.4 Å². The Morgan fingerprint density at radius 2 is 2.18 bits per heavy atom. The average Bonchev–Trinajstić information content (AvgIpc) is 2.44. The molecule has 0 aromatic rings. The number of carbonyl (C=O) groups excluding carboxylic acids is 2. The summed E-state index contributed by atoms with van der Waals surface area (Å²) in [5, 5.41) is 5.95. The number of carbonyl (C=O) groups is 2. The minimum atomic E-state index is -0.0681. The number of hydrogen-bond donors (Lipinski definition) is 2. The topological polar surface area (TPSA) is 61.4 Å². The maximum Gasteiger partial charge on any atom is 0.239 e. The zero-order chi connectivity index (χ0) is 12.8. The molecular formula is C12H23N3O2. The lowest BCUT2D eigenvalue weighted by molar-refractivity contribution is -0.135. The fourth-order valence-electron chi connectivity index (χ4n) is 1.63. The summed E-state index contributed by atoms with van der Waals surface area (Å²) in [4.78, 5) is 25.0. The van der Waals surface area contributed by atoms with Gasteiger partial charge in [-0.1, -0.05) is 13.8 Å². The first-order valence-corrected chi connectivity index (χ1v) is 6.28. The summed E-state index contributed by atoms with van der Waals surface area (Å²) in [7, 11) is 0. The summed E-state index contributed by atoms with van der Waals surface area (Å²) in [5.41, 5.74) is 0. The van der Waals surface area contributed by atoms with Crippen LogP contribution in [0.2, 0.25) is 0 Å². The number of nitrogens with zero attached hydrogens (tertiary/aromatic N) is 1. The van der Waals surface area contributed by atoms with E-state index in [0.29, 0.717) is 19.0 Å². The van der Waals surface area contributed by atoms with E-state index in [4.69, 9.17) is 0 Å². The van der Waals surface area contributed by atoms with Gasteiger partial charge in [0.2, 0.25) is 11.8 Å². The molecule has 0 spiro atoms. The molecule has 0 aromatic heterocycles. The van der Waals surface area contributed by atoms with Crippen LogP contribution in [0.15, 0.2) is 0 Å². The number of rotatable bonds is 4. The van der Waals surface area contributed by atoms with E-state index in [1.807, 2.05) is 6.92 Å². The molecule has 2 N–H and O–H groups in total. The van der Waals surface area contributed by atoms with Crippen molar-refractivity contribution in [1.29, 1.82) is 0 Å². The van der Waals surface area contributed by atoms with Crippen LogP contribution in [0.3, 0.4) is 0 Å². The number of amides is 2. The van der Waals surface area contributed by atoms with Gasteiger partial charge < -0.3 is 15.5 Å². The van der Waals surface area contributed by atoms with Crippen LogP contribution in [-0.2, 0) is 9.59 Å². The smallest absolute Gasteiger partial charge is 0.239 e. The molecule has 5 nitrogen and oxygen atoms in total. The number of hydrogen-bond acceptors (Lipinski definition) is 3. The summed E-state index contributed by atoms with van der Waals surface area (Å²) in [6.07, 6.45) is 0.902. The van der Waals surface area contributed by atoms with E-state index in [9.17, 15) is 9.59 Å². The molecule has 1 saturated heterocycles. The largest absolute Gasteiger partial charge is 0.352 e. The van der Waals surface area contributed by atoms with Crippen molar-refractivity contribution >= 4 is 11.8 Å². The monoisotopic (exact) mass is 241 g/mol. The van der Waals surface area contributed by atoms with Crippen molar-refractivity contribution in [3.8, 4) is 0 Å². The second kappa shape index (κ2) is 6.59.